The van der Waals surface area contributed by atoms with Gasteiger partial charge in [-0.2, -0.15) is 0 Å². The molecular formula is C14H17NO5. The topological polar surface area (TPSA) is 96.6 Å². The Labute approximate surface area is 115 Å². The Kier molecular flexibility index (Phi) is 4.22. The van der Waals surface area contributed by atoms with Crippen LogP contribution in [0.25, 0.3) is 0 Å². The molecule has 0 bridgehead atoms. The molecule has 6 nitrogen and oxygen atoms in total. The lowest BCUT2D eigenvalue weighted by molar-refractivity contribution is -0.145. The highest BCUT2D eigenvalue weighted by Gasteiger charge is 2.40. The van der Waals surface area contributed by atoms with Crippen LogP contribution >= 0.6 is 0 Å². The smallest absolute Gasteiger partial charge is 0.335 e. The van der Waals surface area contributed by atoms with E-state index >= 15 is 0 Å². The Morgan fingerprint density at radius 1 is 1.15 bits per heavy atom. The molecule has 1 aromatic rings. The van der Waals surface area contributed by atoms with Gasteiger partial charge in [-0.1, -0.05) is 25.7 Å². The summed E-state index contributed by atoms with van der Waals surface area (Å²) in [6, 6.07) is 2.46. The Bertz CT molecular complexity index is 534. The lowest BCUT2D eigenvalue weighted by Gasteiger charge is -2.29. The monoisotopic (exact) mass is 279 g/mol. The summed E-state index contributed by atoms with van der Waals surface area (Å²) in [6.07, 6.45) is 5.39. The highest BCUT2D eigenvalue weighted by molar-refractivity contribution is 5.97. The van der Waals surface area contributed by atoms with Gasteiger partial charge in [0.1, 0.15) is 11.8 Å². The number of rotatable bonds is 3. The van der Waals surface area contributed by atoms with Crippen molar-refractivity contribution in [2.45, 2.75) is 44.1 Å². The second kappa shape index (κ2) is 5.90. The molecule has 0 atom stereocenters. The van der Waals surface area contributed by atoms with Gasteiger partial charge >= 0.3 is 11.6 Å². The minimum atomic E-state index is -1.22. The van der Waals surface area contributed by atoms with E-state index in [9.17, 15) is 19.5 Å². The Balaban J connectivity index is 2.19. The number of aliphatic carboxylic acids is 1. The largest absolute Gasteiger partial charge is 0.480 e. The van der Waals surface area contributed by atoms with Gasteiger partial charge in [-0.3, -0.25) is 4.79 Å². The molecule has 1 aliphatic carbocycles. The fourth-order valence-corrected chi connectivity index (χ4v) is 2.50. The van der Waals surface area contributed by atoms with Crippen LogP contribution in [0.2, 0.25) is 0 Å². The fourth-order valence-electron chi connectivity index (χ4n) is 2.50. The van der Waals surface area contributed by atoms with Crippen LogP contribution in [-0.2, 0) is 4.79 Å². The molecule has 0 aromatic carbocycles. The van der Waals surface area contributed by atoms with Crippen molar-refractivity contribution in [1.29, 1.82) is 0 Å². The van der Waals surface area contributed by atoms with Gasteiger partial charge in [-0.15, -0.1) is 0 Å². The van der Waals surface area contributed by atoms with Gasteiger partial charge in [-0.25, -0.2) is 9.59 Å². The molecule has 0 radical (unpaired) electrons. The molecule has 1 saturated carbocycles. The third-order valence-corrected chi connectivity index (χ3v) is 3.68. The predicted octanol–water partition coefficient (Wildman–Crippen LogP) is 1.55. The van der Waals surface area contributed by atoms with Crippen LogP contribution in [-0.4, -0.2) is 22.5 Å². The predicted molar refractivity (Wildman–Crippen MR) is 70.5 cm³/mol. The van der Waals surface area contributed by atoms with E-state index in [2.05, 4.69) is 9.73 Å². The first kappa shape index (κ1) is 14.3. The van der Waals surface area contributed by atoms with Crippen LogP contribution in [0.4, 0.5) is 0 Å². The van der Waals surface area contributed by atoms with Crippen molar-refractivity contribution < 1.29 is 19.1 Å². The zero-order valence-corrected chi connectivity index (χ0v) is 11.1. The summed E-state index contributed by atoms with van der Waals surface area (Å²) >= 11 is 0. The van der Waals surface area contributed by atoms with Crippen LogP contribution in [0.5, 0.6) is 0 Å². The second-order valence-electron chi connectivity index (χ2n) is 5.10. The SMILES string of the molecule is O=C(NC1(C(=O)O)CCCCCC1)c1ccc(=O)oc1. The Morgan fingerprint density at radius 2 is 1.80 bits per heavy atom. The lowest BCUT2D eigenvalue weighted by atomic mass is 9.90. The third-order valence-electron chi connectivity index (χ3n) is 3.68. The second-order valence-corrected chi connectivity index (χ2v) is 5.10. The normalized spacial score (nSPS) is 18.0. The van der Waals surface area contributed by atoms with Crippen LogP contribution in [0.15, 0.2) is 27.6 Å². The molecule has 0 unspecified atom stereocenters. The zero-order chi connectivity index (χ0) is 14.6. The molecule has 2 rings (SSSR count). The van der Waals surface area contributed by atoms with Gasteiger partial charge in [0.15, 0.2) is 0 Å². The van der Waals surface area contributed by atoms with E-state index in [1.165, 1.54) is 6.07 Å². The van der Waals surface area contributed by atoms with Gasteiger partial charge in [0.05, 0.1) is 5.56 Å². The van der Waals surface area contributed by atoms with Gasteiger partial charge in [0, 0.05) is 6.07 Å². The average molecular weight is 279 g/mol. The van der Waals surface area contributed by atoms with Crippen molar-refractivity contribution >= 4 is 11.9 Å². The number of carbonyl (C=O) groups excluding carboxylic acids is 1. The molecular weight excluding hydrogens is 262 g/mol. The summed E-state index contributed by atoms with van der Waals surface area (Å²) < 4.78 is 4.62. The summed E-state index contributed by atoms with van der Waals surface area (Å²) in [7, 11) is 0. The van der Waals surface area contributed by atoms with E-state index < -0.39 is 23.0 Å². The van der Waals surface area contributed by atoms with E-state index in [1.807, 2.05) is 0 Å². The van der Waals surface area contributed by atoms with E-state index in [0.717, 1.165) is 38.0 Å². The zero-order valence-electron chi connectivity index (χ0n) is 11.1. The van der Waals surface area contributed by atoms with Crippen molar-refractivity contribution in [2.24, 2.45) is 0 Å². The first-order chi connectivity index (χ1) is 9.53. The molecule has 0 saturated heterocycles. The molecule has 108 valence electrons. The maximum Gasteiger partial charge on any atom is 0.335 e. The molecule has 0 spiro atoms. The maximum atomic E-state index is 12.1. The van der Waals surface area contributed by atoms with Crippen molar-refractivity contribution in [3.63, 3.8) is 0 Å². The molecule has 1 amide bonds. The van der Waals surface area contributed by atoms with Gasteiger partial charge < -0.3 is 14.8 Å². The number of carbonyl (C=O) groups is 2. The summed E-state index contributed by atoms with van der Waals surface area (Å²) in [5.74, 6) is -1.54. The molecule has 1 aliphatic rings. The number of carboxylic acid groups (broad SMARTS) is 1. The maximum absolute atomic E-state index is 12.1. The van der Waals surface area contributed by atoms with Crippen LogP contribution in [0.3, 0.4) is 0 Å². The van der Waals surface area contributed by atoms with Crippen molar-refractivity contribution in [2.75, 3.05) is 0 Å². The Morgan fingerprint density at radius 3 is 2.30 bits per heavy atom. The van der Waals surface area contributed by atoms with Crippen molar-refractivity contribution in [3.05, 3.63) is 34.4 Å². The standard InChI is InChI=1S/C14H17NO5/c16-11-6-5-10(9-20-11)12(17)15-14(13(18)19)7-3-1-2-4-8-14/h5-6,9H,1-4,7-8H2,(H,15,17)(H,18,19). The first-order valence-corrected chi connectivity index (χ1v) is 6.68. The van der Waals surface area contributed by atoms with E-state index in [-0.39, 0.29) is 5.56 Å². The fraction of sp³-hybridized carbons (Fsp3) is 0.500. The number of carboxylic acids is 1. The third kappa shape index (κ3) is 3.07. The quantitative estimate of drug-likeness (QED) is 0.818. The first-order valence-electron chi connectivity index (χ1n) is 6.68. The summed E-state index contributed by atoms with van der Waals surface area (Å²) in [5, 5.41) is 12.1. The van der Waals surface area contributed by atoms with Gasteiger partial charge in [0.2, 0.25) is 0 Å². The van der Waals surface area contributed by atoms with E-state index in [1.54, 1.807) is 0 Å². The Hall–Kier alpha value is -2.11. The summed E-state index contributed by atoms with van der Waals surface area (Å²) in [4.78, 5) is 34.5. The molecule has 1 fully saturated rings. The number of hydrogen-bond donors (Lipinski definition) is 2. The lowest BCUT2D eigenvalue weighted by Crippen LogP contribution is -2.54. The van der Waals surface area contributed by atoms with Gasteiger partial charge in [-0.05, 0) is 18.9 Å². The van der Waals surface area contributed by atoms with Crippen molar-refractivity contribution in [3.8, 4) is 0 Å². The number of nitrogens with one attached hydrogen (secondary N) is 1. The molecule has 1 aromatic heterocycles. The number of hydrogen-bond acceptors (Lipinski definition) is 4. The summed E-state index contributed by atoms with van der Waals surface area (Å²) in [6.45, 7) is 0. The van der Waals surface area contributed by atoms with Crippen LogP contribution in [0.1, 0.15) is 48.9 Å². The van der Waals surface area contributed by atoms with Crippen LogP contribution in [0, 0.1) is 0 Å². The minimum Gasteiger partial charge on any atom is -0.480 e. The highest BCUT2D eigenvalue weighted by atomic mass is 16.4. The molecule has 2 N–H and O–H groups in total. The minimum absolute atomic E-state index is 0.148. The molecule has 20 heavy (non-hydrogen) atoms. The average Bonchev–Trinajstić information content (AvgIpc) is 2.66. The summed E-state index contributed by atoms with van der Waals surface area (Å²) in [5.41, 5.74) is -1.62. The van der Waals surface area contributed by atoms with Gasteiger partial charge in [0.25, 0.3) is 5.91 Å². The van der Waals surface area contributed by atoms with E-state index in [4.69, 9.17) is 0 Å². The molecule has 1 heterocycles. The number of amides is 1. The van der Waals surface area contributed by atoms with Crippen molar-refractivity contribution in [1.82, 2.24) is 5.32 Å². The van der Waals surface area contributed by atoms with Crippen LogP contribution < -0.4 is 10.9 Å². The molecule has 6 heteroatoms. The highest BCUT2D eigenvalue weighted by Crippen LogP contribution is 2.27. The van der Waals surface area contributed by atoms with E-state index in [0.29, 0.717) is 12.8 Å². The molecule has 0 aliphatic heterocycles.